The zero-order valence-corrected chi connectivity index (χ0v) is 14.5. The van der Waals surface area contributed by atoms with Crippen LogP contribution in [0.2, 0.25) is 10.0 Å². The summed E-state index contributed by atoms with van der Waals surface area (Å²) in [6, 6.07) is 5.25. The molecule has 0 fully saturated rings. The highest BCUT2D eigenvalue weighted by atomic mass is 35.5. The monoisotopic (exact) mass is 343 g/mol. The van der Waals surface area contributed by atoms with Crippen LogP contribution in [0.4, 0.5) is 0 Å². The van der Waals surface area contributed by atoms with Crippen LogP contribution in [0, 0.1) is 6.92 Å². The van der Waals surface area contributed by atoms with Gasteiger partial charge in [-0.3, -0.25) is 4.90 Å². The highest BCUT2D eigenvalue weighted by Gasteiger charge is 2.20. The van der Waals surface area contributed by atoms with Gasteiger partial charge in [0.05, 0.1) is 16.1 Å². The molecule has 2 aromatic rings. The largest absolute Gasteiger partial charge is 0.489 e. The summed E-state index contributed by atoms with van der Waals surface area (Å²) in [7, 11) is 1.99. The Balaban J connectivity index is 1.93. The number of benzene rings is 1. The number of hydrogen-bond donors (Lipinski definition) is 0. The van der Waals surface area contributed by atoms with E-state index in [0.717, 1.165) is 0 Å². The maximum atomic E-state index is 5.99. The van der Waals surface area contributed by atoms with Crippen molar-refractivity contribution in [2.75, 3.05) is 13.6 Å². The molecule has 0 radical (unpaired) electrons. The van der Waals surface area contributed by atoms with Gasteiger partial charge in [-0.2, -0.15) is 0 Å². The van der Waals surface area contributed by atoms with Crippen LogP contribution in [0.25, 0.3) is 0 Å². The molecule has 0 unspecified atom stereocenters. The van der Waals surface area contributed by atoms with Gasteiger partial charge in [0.1, 0.15) is 11.9 Å². The van der Waals surface area contributed by atoms with E-state index in [-0.39, 0.29) is 12.1 Å². The minimum absolute atomic E-state index is 0.0149. The summed E-state index contributed by atoms with van der Waals surface area (Å²) < 4.78 is 11.3. The lowest BCUT2D eigenvalue weighted by atomic mass is 10.2. The van der Waals surface area contributed by atoms with Gasteiger partial charge in [-0.1, -0.05) is 23.2 Å². The standard InChI is InChI=1S/C15H19Cl2N3O2/c1-9(21-12-5-6-13(16)14(17)7-12)8-20(4)10(2)15-19-18-11(3)22-15/h5-7,9-10H,8H2,1-4H3/t9-,10-/m1/s1. The lowest BCUT2D eigenvalue weighted by Crippen LogP contribution is -2.33. The normalized spacial score (nSPS) is 14.1. The molecule has 0 spiro atoms. The van der Waals surface area contributed by atoms with Crippen LogP contribution in [-0.4, -0.2) is 34.8 Å². The summed E-state index contributed by atoms with van der Waals surface area (Å²) in [4.78, 5) is 2.09. The summed E-state index contributed by atoms with van der Waals surface area (Å²) >= 11 is 11.9. The Kier molecular flexibility index (Phi) is 5.67. The molecule has 0 bridgehead atoms. The third-order valence-electron chi connectivity index (χ3n) is 3.33. The number of likely N-dealkylation sites (N-methyl/N-ethyl adjacent to an activating group) is 1. The van der Waals surface area contributed by atoms with Gasteiger partial charge in [0.15, 0.2) is 0 Å². The zero-order valence-electron chi connectivity index (χ0n) is 13.0. The van der Waals surface area contributed by atoms with Crippen LogP contribution >= 0.6 is 23.2 Å². The van der Waals surface area contributed by atoms with E-state index in [9.17, 15) is 0 Å². The first-order chi connectivity index (χ1) is 10.4. The first-order valence-electron chi connectivity index (χ1n) is 6.98. The molecule has 0 aliphatic rings. The van der Waals surface area contributed by atoms with Crippen molar-refractivity contribution in [1.82, 2.24) is 15.1 Å². The Bertz CT molecular complexity index is 633. The van der Waals surface area contributed by atoms with Gasteiger partial charge in [-0.25, -0.2) is 0 Å². The fourth-order valence-electron chi connectivity index (χ4n) is 2.05. The maximum absolute atomic E-state index is 5.99. The van der Waals surface area contributed by atoms with Gasteiger partial charge in [-0.15, -0.1) is 10.2 Å². The van der Waals surface area contributed by atoms with Gasteiger partial charge in [0.25, 0.3) is 0 Å². The van der Waals surface area contributed by atoms with Gasteiger partial charge in [0, 0.05) is 19.5 Å². The van der Waals surface area contributed by atoms with Crippen molar-refractivity contribution in [1.29, 1.82) is 0 Å². The molecule has 2 atom stereocenters. The van der Waals surface area contributed by atoms with Crippen molar-refractivity contribution in [2.24, 2.45) is 0 Å². The number of nitrogens with zero attached hydrogens (tertiary/aromatic N) is 3. The molecule has 1 aromatic heterocycles. The Hall–Kier alpha value is -1.30. The van der Waals surface area contributed by atoms with Crippen molar-refractivity contribution >= 4 is 23.2 Å². The smallest absolute Gasteiger partial charge is 0.233 e. The summed E-state index contributed by atoms with van der Waals surface area (Å²) in [5, 5.41) is 8.90. The molecule has 0 saturated carbocycles. The Morgan fingerprint density at radius 2 is 1.95 bits per heavy atom. The SMILES string of the molecule is Cc1nnc([C@@H](C)N(C)C[C@@H](C)Oc2ccc(Cl)c(Cl)c2)o1. The zero-order chi connectivity index (χ0) is 16.3. The summed E-state index contributed by atoms with van der Waals surface area (Å²) in [6.07, 6.45) is -0.0336. The number of aryl methyl sites for hydroxylation is 1. The van der Waals surface area contributed by atoms with Gasteiger partial charge >= 0.3 is 0 Å². The lowest BCUT2D eigenvalue weighted by Gasteiger charge is -2.25. The van der Waals surface area contributed by atoms with E-state index >= 15 is 0 Å². The average molecular weight is 344 g/mol. The van der Waals surface area contributed by atoms with Gasteiger partial charge < -0.3 is 9.15 Å². The van der Waals surface area contributed by atoms with Gasteiger partial charge in [-0.05, 0) is 33.0 Å². The van der Waals surface area contributed by atoms with E-state index in [1.165, 1.54) is 0 Å². The Morgan fingerprint density at radius 3 is 2.55 bits per heavy atom. The first-order valence-corrected chi connectivity index (χ1v) is 7.74. The number of aromatic nitrogens is 2. The van der Waals surface area contributed by atoms with E-state index < -0.39 is 0 Å². The molecule has 1 aromatic carbocycles. The van der Waals surface area contributed by atoms with Gasteiger partial charge in [0.2, 0.25) is 11.8 Å². The van der Waals surface area contributed by atoms with E-state index in [4.69, 9.17) is 32.4 Å². The van der Waals surface area contributed by atoms with E-state index in [1.54, 1.807) is 25.1 Å². The quantitative estimate of drug-likeness (QED) is 0.788. The van der Waals surface area contributed by atoms with Crippen LogP contribution in [0.1, 0.15) is 31.7 Å². The van der Waals surface area contributed by atoms with Crippen molar-refractivity contribution in [3.8, 4) is 5.75 Å². The highest BCUT2D eigenvalue weighted by molar-refractivity contribution is 6.42. The van der Waals surface area contributed by atoms with Crippen molar-refractivity contribution in [2.45, 2.75) is 32.9 Å². The van der Waals surface area contributed by atoms with Crippen LogP contribution in [0.3, 0.4) is 0 Å². The highest BCUT2D eigenvalue weighted by Crippen LogP contribution is 2.27. The second-order valence-corrected chi connectivity index (χ2v) is 6.09. The van der Waals surface area contributed by atoms with E-state index in [1.807, 2.05) is 20.9 Å². The van der Waals surface area contributed by atoms with E-state index in [0.29, 0.717) is 34.1 Å². The molecule has 1 heterocycles. The topological polar surface area (TPSA) is 51.4 Å². The molecule has 0 aliphatic heterocycles. The molecule has 5 nitrogen and oxygen atoms in total. The predicted octanol–water partition coefficient (Wildman–Crippen LogP) is 4.15. The summed E-state index contributed by atoms with van der Waals surface area (Å²) in [6.45, 7) is 6.48. The molecule has 0 amide bonds. The van der Waals surface area contributed by atoms with Crippen molar-refractivity contribution in [3.63, 3.8) is 0 Å². The Labute approximate surface area is 140 Å². The maximum Gasteiger partial charge on any atom is 0.233 e. The number of rotatable bonds is 6. The third-order valence-corrected chi connectivity index (χ3v) is 4.07. The molecular weight excluding hydrogens is 325 g/mol. The first kappa shape index (κ1) is 17.1. The molecule has 0 saturated heterocycles. The fourth-order valence-corrected chi connectivity index (χ4v) is 2.34. The van der Waals surface area contributed by atoms with E-state index in [2.05, 4.69) is 15.1 Å². The van der Waals surface area contributed by atoms with Crippen molar-refractivity contribution < 1.29 is 9.15 Å². The molecule has 0 aliphatic carbocycles. The molecule has 22 heavy (non-hydrogen) atoms. The average Bonchev–Trinajstić information content (AvgIpc) is 2.88. The fraction of sp³-hybridized carbons (Fsp3) is 0.467. The second kappa shape index (κ2) is 7.31. The predicted molar refractivity (Wildman–Crippen MR) is 86.6 cm³/mol. The molecule has 0 N–H and O–H groups in total. The minimum atomic E-state index is -0.0336. The number of hydrogen-bond acceptors (Lipinski definition) is 5. The van der Waals surface area contributed by atoms with Crippen LogP contribution in [-0.2, 0) is 0 Å². The van der Waals surface area contributed by atoms with Crippen LogP contribution in [0.5, 0.6) is 5.75 Å². The summed E-state index contributed by atoms with van der Waals surface area (Å²) in [5.74, 6) is 1.86. The minimum Gasteiger partial charge on any atom is -0.489 e. The number of halogens is 2. The molecule has 7 heteroatoms. The summed E-state index contributed by atoms with van der Waals surface area (Å²) in [5.41, 5.74) is 0. The Morgan fingerprint density at radius 1 is 1.23 bits per heavy atom. The molecule has 2 rings (SSSR count). The number of ether oxygens (including phenoxy) is 1. The molecular formula is C15H19Cl2N3O2. The van der Waals surface area contributed by atoms with Crippen molar-refractivity contribution in [3.05, 3.63) is 40.0 Å². The second-order valence-electron chi connectivity index (χ2n) is 5.28. The lowest BCUT2D eigenvalue weighted by molar-refractivity contribution is 0.129. The molecule has 120 valence electrons. The van der Waals surface area contributed by atoms with Crippen LogP contribution in [0.15, 0.2) is 22.6 Å². The third kappa shape index (κ3) is 4.35. The van der Waals surface area contributed by atoms with Crippen LogP contribution < -0.4 is 4.74 Å².